The first-order valence-electron chi connectivity index (χ1n) is 7.99. The second-order valence-corrected chi connectivity index (χ2v) is 6.09. The second-order valence-electron chi connectivity index (χ2n) is 6.09. The van der Waals surface area contributed by atoms with Crippen molar-refractivity contribution in [3.8, 4) is 5.75 Å². The molecule has 0 saturated carbocycles. The third-order valence-corrected chi connectivity index (χ3v) is 4.14. The Morgan fingerprint density at radius 3 is 2.12 bits per heavy atom. The normalized spacial score (nSPS) is 26.2. The van der Waals surface area contributed by atoms with Crippen LogP contribution in [0.2, 0.25) is 0 Å². The van der Waals surface area contributed by atoms with Gasteiger partial charge in [0.15, 0.2) is 5.78 Å². The molecule has 3 N–H and O–H groups in total. The van der Waals surface area contributed by atoms with Crippen LogP contribution < -0.4 is 4.74 Å². The number of carbonyl (C=O) groups is 1. The molecule has 0 unspecified atom stereocenters. The molecule has 3 rings (SSSR count). The van der Waals surface area contributed by atoms with Gasteiger partial charge in [0.2, 0.25) is 6.29 Å². The van der Waals surface area contributed by atoms with Gasteiger partial charge in [-0.25, -0.2) is 0 Å². The van der Waals surface area contributed by atoms with Gasteiger partial charge in [-0.2, -0.15) is 0 Å². The molecule has 0 aliphatic carbocycles. The first-order chi connectivity index (χ1) is 12.0. The fourth-order valence-corrected chi connectivity index (χ4v) is 2.57. The second kappa shape index (κ2) is 7.33. The minimum absolute atomic E-state index is 0.0981. The molecule has 6 heteroatoms. The molecule has 25 heavy (non-hydrogen) atoms. The van der Waals surface area contributed by atoms with Gasteiger partial charge in [-0.1, -0.05) is 29.8 Å². The Hall–Kier alpha value is -2.25. The van der Waals surface area contributed by atoms with E-state index in [0.717, 1.165) is 5.56 Å². The number of ketones is 1. The standard InChI is InChI=1S/C19H20O6/c1-11-2-4-12(5-3-11)16(21)13-6-8-14(9-7-13)25-19-18(23)17(22)15(20)10-24-19/h2-9,15,17-20,22-23H,10H2,1H3/t15-,17+,18-,19+/m1/s1. The highest BCUT2D eigenvalue weighted by atomic mass is 16.7. The molecule has 6 nitrogen and oxygen atoms in total. The number of aryl methyl sites for hydroxylation is 1. The van der Waals surface area contributed by atoms with Crippen molar-refractivity contribution in [2.45, 2.75) is 31.5 Å². The number of carbonyl (C=O) groups excluding carboxylic acids is 1. The Bertz CT molecular complexity index is 725. The molecule has 1 aliphatic rings. The molecule has 0 radical (unpaired) electrons. The van der Waals surface area contributed by atoms with E-state index in [2.05, 4.69) is 0 Å². The van der Waals surface area contributed by atoms with Gasteiger partial charge in [-0.15, -0.1) is 0 Å². The molecule has 4 atom stereocenters. The maximum atomic E-state index is 12.4. The lowest BCUT2D eigenvalue weighted by Crippen LogP contribution is -2.54. The topological polar surface area (TPSA) is 96.2 Å². The Morgan fingerprint density at radius 1 is 0.960 bits per heavy atom. The van der Waals surface area contributed by atoms with E-state index in [1.54, 1.807) is 36.4 Å². The van der Waals surface area contributed by atoms with Crippen LogP contribution in [-0.4, -0.2) is 52.3 Å². The molecular weight excluding hydrogens is 324 g/mol. The van der Waals surface area contributed by atoms with Crippen molar-refractivity contribution >= 4 is 5.78 Å². The molecule has 2 aromatic carbocycles. The van der Waals surface area contributed by atoms with Crippen LogP contribution in [0.15, 0.2) is 48.5 Å². The highest BCUT2D eigenvalue weighted by Crippen LogP contribution is 2.22. The highest BCUT2D eigenvalue weighted by molar-refractivity contribution is 6.09. The molecule has 1 saturated heterocycles. The predicted octanol–water partition coefficient (Wildman–Crippen LogP) is 1.04. The zero-order valence-corrected chi connectivity index (χ0v) is 13.7. The molecule has 1 heterocycles. The van der Waals surface area contributed by atoms with E-state index in [9.17, 15) is 20.1 Å². The molecule has 0 amide bonds. The van der Waals surface area contributed by atoms with Crippen LogP contribution in [0.4, 0.5) is 0 Å². The lowest BCUT2D eigenvalue weighted by molar-refractivity contribution is -0.242. The predicted molar refractivity (Wildman–Crippen MR) is 89.4 cm³/mol. The van der Waals surface area contributed by atoms with Crippen LogP contribution >= 0.6 is 0 Å². The molecular formula is C19H20O6. The number of ether oxygens (including phenoxy) is 2. The van der Waals surface area contributed by atoms with Gasteiger partial charge in [0, 0.05) is 11.1 Å². The van der Waals surface area contributed by atoms with Crippen molar-refractivity contribution in [3.63, 3.8) is 0 Å². The van der Waals surface area contributed by atoms with Crippen molar-refractivity contribution in [3.05, 3.63) is 65.2 Å². The van der Waals surface area contributed by atoms with Crippen molar-refractivity contribution in [2.75, 3.05) is 6.61 Å². The van der Waals surface area contributed by atoms with Crippen molar-refractivity contribution in [1.82, 2.24) is 0 Å². The smallest absolute Gasteiger partial charge is 0.228 e. The van der Waals surface area contributed by atoms with Gasteiger partial charge < -0.3 is 24.8 Å². The van der Waals surface area contributed by atoms with E-state index in [1.807, 2.05) is 19.1 Å². The van der Waals surface area contributed by atoms with Crippen LogP contribution in [0.3, 0.4) is 0 Å². The van der Waals surface area contributed by atoms with Crippen molar-refractivity contribution in [1.29, 1.82) is 0 Å². The van der Waals surface area contributed by atoms with Crippen LogP contribution in [0.5, 0.6) is 5.75 Å². The van der Waals surface area contributed by atoms with Gasteiger partial charge in [0.05, 0.1) is 6.61 Å². The SMILES string of the molecule is Cc1ccc(C(=O)c2ccc(O[C@@H]3OC[C@@H](O)[C@H](O)[C@H]3O)cc2)cc1. The molecule has 0 spiro atoms. The van der Waals surface area contributed by atoms with E-state index in [-0.39, 0.29) is 12.4 Å². The van der Waals surface area contributed by atoms with Crippen molar-refractivity contribution < 1.29 is 29.6 Å². The summed E-state index contributed by atoms with van der Waals surface area (Å²) in [6.07, 6.45) is -4.93. The van der Waals surface area contributed by atoms with Crippen molar-refractivity contribution in [2.24, 2.45) is 0 Å². The van der Waals surface area contributed by atoms with E-state index < -0.39 is 24.6 Å². The number of aliphatic hydroxyl groups excluding tert-OH is 3. The summed E-state index contributed by atoms with van der Waals surface area (Å²) in [6, 6.07) is 13.8. The molecule has 1 fully saturated rings. The Morgan fingerprint density at radius 2 is 1.52 bits per heavy atom. The number of hydrogen-bond acceptors (Lipinski definition) is 6. The van der Waals surface area contributed by atoms with Gasteiger partial charge in [-0.05, 0) is 31.2 Å². The number of rotatable bonds is 4. The molecule has 2 aromatic rings. The third kappa shape index (κ3) is 3.88. The summed E-state index contributed by atoms with van der Waals surface area (Å²) < 4.78 is 10.7. The Labute approximate surface area is 145 Å². The van der Waals surface area contributed by atoms with E-state index in [4.69, 9.17) is 9.47 Å². The highest BCUT2D eigenvalue weighted by Gasteiger charge is 2.38. The van der Waals surface area contributed by atoms with Gasteiger partial charge in [0.25, 0.3) is 0 Å². The lowest BCUT2D eigenvalue weighted by atomic mass is 10.0. The van der Waals surface area contributed by atoms with Gasteiger partial charge >= 0.3 is 0 Å². The Kier molecular flexibility index (Phi) is 5.15. The lowest BCUT2D eigenvalue weighted by Gasteiger charge is -2.34. The summed E-state index contributed by atoms with van der Waals surface area (Å²) in [5, 5.41) is 28.9. The largest absolute Gasteiger partial charge is 0.462 e. The summed E-state index contributed by atoms with van der Waals surface area (Å²) in [7, 11) is 0. The molecule has 132 valence electrons. The summed E-state index contributed by atoms with van der Waals surface area (Å²) in [6.45, 7) is 1.82. The summed E-state index contributed by atoms with van der Waals surface area (Å²) in [4.78, 5) is 12.4. The summed E-state index contributed by atoms with van der Waals surface area (Å²) in [5.41, 5.74) is 2.19. The number of aliphatic hydroxyl groups is 3. The quantitative estimate of drug-likeness (QED) is 0.718. The average molecular weight is 344 g/mol. The van der Waals surface area contributed by atoms with Crippen LogP contribution in [-0.2, 0) is 4.74 Å². The first-order valence-corrected chi connectivity index (χ1v) is 7.99. The molecule has 0 bridgehead atoms. The van der Waals surface area contributed by atoms with Crippen LogP contribution in [0.25, 0.3) is 0 Å². The third-order valence-electron chi connectivity index (χ3n) is 4.14. The maximum Gasteiger partial charge on any atom is 0.228 e. The summed E-state index contributed by atoms with van der Waals surface area (Å²) in [5.74, 6) is 0.284. The van der Waals surface area contributed by atoms with Crippen LogP contribution in [0.1, 0.15) is 21.5 Å². The fourth-order valence-electron chi connectivity index (χ4n) is 2.57. The molecule has 1 aliphatic heterocycles. The molecule has 0 aromatic heterocycles. The number of hydrogen-bond donors (Lipinski definition) is 3. The fraction of sp³-hybridized carbons (Fsp3) is 0.316. The van der Waals surface area contributed by atoms with E-state index in [0.29, 0.717) is 16.9 Å². The van der Waals surface area contributed by atoms with E-state index >= 15 is 0 Å². The zero-order chi connectivity index (χ0) is 18.0. The zero-order valence-electron chi connectivity index (χ0n) is 13.7. The number of benzene rings is 2. The monoisotopic (exact) mass is 344 g/mol. The summed E-state index contributed by atoms with van der Waals surface area (Å²) >= 11 is 0. The van der Waals surface area contributed by atoms with Crippen LogP contribution in [0, 0.1) is 6.92 Å². The maximum absolute atomic E-state index is 12.4. The van der Waals surface area contributed by atoms with Gasteiger partial charge in [0.1, 0.15) is 24.1 Å². The Balaban J connectivity index is 1.68. The average Bonchev–Trinajstić information content (AvgIpc) is 2.63. The minimum Gasteiger partial charge on any atom is -0.462 e. The minimum atomic E-state index is -1.36. The van der Waals surface area contributed by atoms with E-state index in [1.165, 1.54) is 0 Å². The van der Waals surface area contributed by atoms with Gasteiger partial charge in [-0.3, -0.25) is 4.79 Å². The first kappa shape index (κ1) is 17.6.